The normalized spacial score (nSPS) is 14.6. The van der Waals surface area contributed by atoms with Gasteiger partial charge in [0.1, 0.15) is 5.82 Å². The van der Waals surface area contributed by atoms with E-state index in [1.54, 1.807) is 12.1 Å². The molecule has 0 bridgehead atoms. The Bertz CT molecular complexity index is 638. The van der Waals surface area contributed by atoms with Crippen LogP contribution in [-0.4, -0.2) is 6.04 Å². The SMILES string of the molecule is Fc1ccc(-c2ccc(Cl)cc2CNC2CC2)cc1Cl. The van der Waals surface area contributed by atoms with Crippen LogP contribution in [0.1, 0.15) is 18.4 Å². The maximum absolute atomic E-state index is 13.3. The molecule has 0 saturated heterocycles. The summed E-state index contributed by atoms with van der Waals surface area (Å²) >= 11 is 11.9. The molecule has 0 amide bonds. The first-order valence-electron chi connectivity index (χ1n) is 6.61. The van der Waals surface area contributed by atoms with Gasteiger partial charge in [-0.15, -0.1) is 0 Å². The highest BCUT2D eigenvalue weighted by atomic mass is 35.5. The van der Waals surface area contributed by atoms with E-state index in [2.05, 4.69) is 5.32 Å². The van der Waals surface area contributed by atoms with Crippen molar-refractivity contribution >= 4 is 23.2 Å². The van der Waals surface area contributed by atoms with Crippen LogP contribution in [0.4, 0.5) is 4.39 Å². The van der Waals surface area contributed by atoms with Crippen molar-refractivity contribution in [2.45, 2.75) is 25.4 Å². The molecule has 0 aliphatic heterocycles. The van der Waals surface area contributed by atoms with Crippen LogP contribution in [0.3, 0.4) is 0 Å². The van der Waals surface area contributed by atoms with Gasteiger partial charge in [0.2, 0.25) is 0 Å². The Kier molecular flexibility index (Phi) is 3.97. The van der Waals surface area contributed by atoms with Gasteiger partial charge < -0.3 is 5.32 Å². The minimum Gasteiger partial charge on any atom is -0.310 e. The van der Waals surface area contributed by atoms with Gasteiger partial charge in [-0.05, 0) is 53.8 Å². The van der Waals surface area contributed by atoms with Crippen molar-refractivity contribution in [1.29, 1.82) is 0 Å². The molecule has 4 heteroatoms. The van der Waals surface area contributed by atoms with Crippen molar-refractivity contribution in [3.8, 4) is 11.1 Å². The molecule has 1 aliphatic carbocycles. The Morgan fingerprint density at radius 2 is 1.90 bits per heavy atom. The van der Waals surface area contributed by atoms with Gasteiger partial charge in [-0.2, -0.15) is 0 Å². The number of hydrogen-bond acceptors (Lipinski definition) is 1. The highest BCUT2D eigenvalue weighted by Crippen LogP contribution is 2.30. The van der Waals surface area contributed by atoms with Crippen LogP contribution < -0.4 is 5.32 Å². The Morgan fingerprint density at radius 3 is 2.60 bits per heavy atom. The van der Waals surface area contributed by atoms with Crippen molar-refractivity contribution in [2.75, 3.05) is 0 Å². The Balaban J connectivity index is 1.95. The van der Waals surface area contributed by atoms with Crippen molar-refractivity contribution in [3.05, 3.63) is 57.8 Å². The first-order valence-corrected chi connectivity index (χ1v) is 7.36. The summed E-state index contributed by atoms with van der Waals surface area (Å²) in [7, 11) is 0. The van der Waals surface area contributed by atoms with E-state index < -0.39 is 5.82 Å². The summed E-state index contributed by atoms with van der Waals surface area (Å²) in [5.74, 6) is -0.401. The Hall–Kier alpha value is -1.09. The lowest BCUT2D eigenvalue weighted by Crippen LogP contribution is -2.15. The lowest BCUT2D eigenvalue weighted by molar-refractivity contribution is 0.628. The third kappa shape index (κ3) is 3.14. The summed E-state index contributed by atoms with van der Waals surface area (Å²) in [4.78, 5) is 0. The van der Waals surface area contributed by atoms with Crippen molar-refractivity contribution in [2.24, 2.45) is 0 Å². The van der Waals surface area contributed by atoms with E-state index in [-0.39, 0.29) is 5.02 Å². The van der Waals surface area contributed by atoms with E-state index in [9.17, 15) is 4.39 Å². The molecule has 2 aromatic carbocycles. The molecule has 2 aromatic rings. The molecular formula is C16H14Cl2FN. The van der Waals surface area contributed by atoms with E-state index in [1.807, 2.05) is 18.2 Å². The maximum atomic E-state index is 13.3. The van der Waals surface area contributed by atoms with Gasteiger partial charge in [0.15, 0.2) is 0 Å². The molecule has 104 valence electrons. The average Bonchev–Trinajstić information content (AvgIpc) is 3.24. The Labute approximate surface area is 127 Å². The van der Waals surface area contributed by atoms with Crippen LogP contribution in [0.5, 0.6) is 0 Å². The molecule has 0 aromatic heterocycles. The number of benzene rings is 2. The smallest absolute Gasteiger partial charge is 0.141 e. The number of hydrogen-bond donors (Lipinski definition) is 1. The standard InChI is InChI=1S/C16H14Cl2FN/c17-12-2-5-14(10-1-6-16(19)15(18)8-10)11(7-12)9-20-13-3-4-13/h1-2,5-8,13,20H,3-4,9H2. The minimum atomic E-state index is -0.401. The zero-order valence-electron chi connectivity index (χ0n) is 10.8. The fourth-order valence-electron chi connectivity index (χ4n) is 2.20. The van der Waals surface area contributed by atoms with E-state index in [0.717, 1.165) is 23.2 Å². The largest absolute Gasteiger partial charge is 0.310 e. The summed E-state index contributed by atoms with van der Waals surface area (Å²) in [5, 5.41) is 4.31. The predicted octanol–water partition coefficient (Wildman–Crippen LogP) is 5.05. The highest BCUT2D eigenvalue weighted by molar-refractivity contribution is 6.31. The molecule has 0 radical (unpaired) electrons. The van der Waals surface area contributed by atoms with Crippen LogP contribution in [0, 0.1) is 5.82 Å². The molecule has 1 nitrogen and oxygen atoms in total. The van der Waals surface area contributed by atoms with Gasteiger partial charge in [0.05, 0.1) is 5.02 Å². The van der Waals surface area contributed by atoms with Gasteiger partial charge in [0, 0.05) is 17.6 Å². The van der Waals surface area contributed by atoms with E-state index in [1.165, 1.54) is 18.9 Å². The van der Waals surface area contributed by atoms with Gasteiger partial charge in [-0.25, -0.2) is 4.39 Å². The van der Waals surface area contributed by atoms with Crippen LogP contribution in [0.25, 0.3) is 11.1 Å². The summed E-state index contributed by atoms with van der Waals surface area (Å²) in [6.07, 6.45) is 2.47. The molecule has 1 fully saturated rings. The lowest BCUT2D eigenvalue weighted by Gasteiger charge is -2.12. The zero-order chi connectivity index (χ0) is 14.1. The molecule has 0 heterocycles. The van der Waals surface area contributed by atoms with E-state index >= 15 is 0 Å². The quantitative estimate of drug-likeness (QED) is 0.833. The van der Waals surface area contributed by atoms with Gasteiger partial charge in [-0.1, -0.05) is 35.3 Å². The molecule has 20 heavy (non-hydrogen) atoms. The summed E-state index contributed by atoms with van der Waals surface area (Å²) in [6, 6.07) is 11.2. The summed E-state index contributed by atoms with van der Waals surface area (Å²) < 4.78 is 13.3. The second-order valence-electron chi connectivity index (χ2n) is 5.09. The second kappa shape index (κ2) is 5.72. The monoisotopic (exact) mass is 309 g/mol. The molecule has 1 aliphatic rings. The minimum absolute atomic E-state index is 0.138. The van der Waals surface area contributed by atoms with Gasteiger partial charge in [-0.3, -0.25) is 0 Å². The van der Waals surface area contributed by atoms with Gasteiger partial charge in [0.25, 0.3) is 0 Å². The average molecular weight is 310 g/mol. The number of halogens is 3. The van der Waals surface area contributed by atoms with Crippen molar-refractivity contribution in [1.82, 2.24) is 5.32 Å². The second-order valence-corrected chi connectivity index (χ2v) is 5.93. The third-order valence-electron chi connectivity index (χ3n) is 3.46. The molecule has 3 rings (SSSR count). The molecule has 0 spiro atoms. The third-order valence-corrected chi connectivity index (χ3v) is 3.98. The lowest BCUT2D eigenvalue weighted by atomic mass is 9.99. The first kappa shape index (κ1) is 13.9. The predicted molar refractivity (Wildman–Crippen MR) is 81.7 cm³/mol. The molecule has 1 saturated carbocycles. The maximum Gasteiger partial charge on any atom is 0.141 e. The molecule has 1 N–H and O–H groups in total. The first-order chi connectivity index (χ1) is 9.63. The molecular weight excluding hydrogens is 296 g/mol. The Morgan fingerprint density at radius 1 is 1.10 bits per heavy atom. The van der Waals surface area contributed by atoms with E-state index in [0.29, 0.717) is 11.1 Å². The van der Waals surface area contributed by atoms with Crippen LogP contribution in [-0.2, 0) is 6.54 Å². The fraction of sp³-hybridized carbons (Fsp3) is 0.250. The van der Waals surface area contributed by atoms with Crippen LogP contribution in [0.2, 0.25) is 10.0 Å². The van der Waals surface area contributed by atoms with E-state index in [4.69, 9.17) is 23.2 Å². The fourth-order valence-corrected chi connectivity index (χ4v) is 2.57. The molecule has 0 unspecified atom stereocenters. The molecule has 0 atom stereocenters. The van der Waals surface area contributed by atoms with Crippen molar-refractivity contribution < 1.29 is 4.39 Å². The number of nitrogens with one attached hydrogen (secondary N) is 1. The van der Waals surface area contributed by atoms with Crippen molar-refractivity contribution in [3.63, 3.8) is 0 Å². The zero-order valence-corrected chi connectivity index (χ0v) is 12.3. The summed E-state index contributed by atoms with van der Waals surface area (Å²) in [6.45, 7) is 0.759. The number of rotatable bonds is 4. The topological polar surface area (TPSA) is 12.0 Å². The van der Waals surface area contributed by atoms with Gasteiger partial charge >= 0.3 is 0 Å². The highest BCUT2D eigenvalue weighted by Gasteiger charge is 2.20. The van der Waals surface area contributed by atoms with Crippen LogP contribution in [0.15, 0.2) is 36.4 Å². The van der Waals surface area contributed by atoms with Crippen LogP contribution >= 0.6 is 23.2 Å². The summed E-state index contributed by atoms with van der Waals surface area (Å²) in [5.41, 5.74) is 3.04.